The molecule has 1 aromatic carbocycles. The molecule has 6 heteroatoms. The van der Waals surface area contributed by atoms with Crippen LogP contribution in [0.25, 0.3) is 0 Å². The third-order valence-electron chi connectivity index (χ3n) is 5.08. The minimum atomic E-state index is -0.793. The van der Waals surface area contributed by atoms with Gasteiger partial charge in [0, 0.05) is 13.1 Å². The minimum absolute atomic E-state index is 0.0810. The van der Waals surface area contributed by atoms with Crippen molar-refractivity contribution in [3.63, 3.8) is 0 Å². The first kappa shape index (κ1) is 19.0. The number of hydrogen-bond acceptors (Lipinski definition) is 4. The molecule has 0 aliphatic carbocycles. The van der Waals surface area contributed by atoms with Gasteiger partial charge in [-0.3, -0.25) is 9.59 Å². The van der Waals surface area contributed by atoms with Crippen molar-refractivity contribution in [3.05, 3.63) is 53.0 Å². The average molecular weight is 371 g/mol. The number of aliphatic carboxylic acids is 1. The van der Waals surface area contributed by atoms with E-state index in [0.717, 1.165) is 11.3 Å². The van der Waals surface area contributed by atoms with Crippen LogP contribution in [0.2, 0.25) is 0 Å². The number of ether oxygens (including phenoxy) is 1. The number of aryl methyl sites for hydroxylation is 2. The Hall–Kier alpha value is -2.76. The van der Waals surface area contributed by atoms with Crippen LogP contribution in [0.5, 0.6) is 5.75 Å². The fourth-order valence-corrected chi connectivity index (χ4v) is 3.53. The minimum Gasteiger partial charge on any atom is -0.485 e. The SMILES string of the molecule is Cc1ccc(OCc2ccc(C(=O)N3CCC(C(=O)O)C(C)C3)o2)c(C)c1. The smallest absolute Gasteiger partial charge is 0.306 e. The maximum absolute atomic E-state index is 12.6. The molecule has 0 saturated carbocycles. The number of nitrogens with zero attached hydrogens (tertiary/aromatic N) is 1. The van der Waals surface area contributed by atoms with E-state index in [1.807, 2.05) is 39.0 Å². The van der Waals surface area contributed by atoms with Crippen molar-refractivity contribution in [2.24, 2.45) is 11.8 Å². The van der Waals surface area contributed by atoms with E-state index in [2.05, 4.69) is 0 Å². The Morgan fingerprint density at radius 1 is 1.26 bits per heavy atom. The zero-order chi connectivity index (χ0) is 19.6. The van der Waals surface area contributed by atoms with Gasteiger partial charge in [-0.15, -0.1) is 0 Å². The molecule has 1 aliphatic rings. The van der Waals surface area contributed by atoms with Gasteiger partial charge in [-0.2, -0.15) is 0 Å². The van der Waals surface area contributed by atoms with Crippen molar-refractivity contribution < 1.29 is 23.8 Å². The number of furan rings is 1. The van der Waals surface area contributed by atoms with Gasteiger partial charge < -0.3 is 19.2 Å². The molecule has 1 N–H and O–H groups in total. The summed E-state index contributed by atoms with van der Waals surface area (Å²) in [4.78, 5) is 25.5. The zero-order valence-electron chi connectivity index (χ0n) is 15.9. The van der Waals surface area contributed by atoms with Crippen molar-refractivity contribution >= 4 is 11.9 Å². The summed E-state index contributed by atoms with van der Waals surface area (Å²) in [5.74, 6) is 0.146. The van der Waals surface area contributed by atoms with E-state index in [0.29, 0.717) is 25.3 Å². The van der Waals surface area contributed by atoms with Crippen LogP contribution in [0.15, 0.2) is 34.7 Å². The number of amides is 1. The van der Waals surface area contributed by atoms with Crippen molar-refractivity contribution in [3.8, 4) is 5.75 Å². The number of hydrogen-bond donors (Lipinski definition) is 1. The molecule has 1 fully saturated rings. The highest BCUT2D eigenvalue weighted by Gasteiger charge is 2.34. The lowest BCUT2D eigenvalue weighted by Crippen LogP contribution is -2.44. The second kappa shape index (κ2) is 7.86. The third-order valence-corrected chi connectivity index (χ3v) is 5.08. The van der Waals surface area contributed by atoms with Gasteiger partial charge in [-0.1, -0.05) is 24.6 Å². The number of piperidine rings is 1. The Balaban J connectivity index is 1.60. The van der Waals surface area contributed by atoms with Crippen LogP contribution >= 0.6 is 0 Å². The Morgan fingerprint density at radius 2 is 2.04 bits per heavy atom. The van der Waals surface area contributed by atoms with Gasteiger partial charge in [0.15, 0.2) is 5.76 Å². The molecule has 1 aromatic heterocycles. The Labute approximate surface area is 158 Å². The Bertz CT molecular complexity index is 841. The summed E-state index contributed by atoms with van der Waals surface area (Å²) >= 11 is 0. The molecule has 2 unspecified atom stereocenters. The van der Waals surface area contributed by atoms with Gasteiger partial charge in [0.25, 0.3) is 5.91 Å². The van der Waals surface area contributed by atoms with Crippen LogP contribution in [0.4, 0.5) is 0 Å². The normalized spacial score (nSPS) is 19.7. The zero-order valence-corrected chi connectivity index (χ0v) is 15.9. The van der Waals surface area contributed by atoms with Crippen LogP contribution < -0.4 is 4.74 Å². The van der Waals surface area contributed by atoms with Crippen molar-refractivity contribution in [2.75, 3.05) is 13.1 Å². The van der Waals surface area contributed by atoms with E-state index >= 15 is 0 Å². The molecule has 0 bridgehead atoms. The number of carboxylic acid groups (broad SMARTS) is 1. The lowest BCUT2D eigenvalue weighted by Gasteiger charge is -2.34. The van der Waals surface area contributed by atoms with E-state index in [1.165, 1.54) is 5.56 Å². The van der Waals surface area contributed by atoms with Gasteiger partial charge in [-0.05, 0) is 49.9 Å². The molecule has 1 amide bonds. The lowest BCUT2D eigenvalue weighted by atomic mass is 9.87. The van der Waals surface area contributed by atoms with Gasteiger partial charge in [0.1, 0.15) is 18.1 Å². The first-order valence-corrected chi connectivity index (χ1v) is 9.16. The molecule has 1 aliphatic heterocycles. The predicted molar refractivity (Wildman–Crippen MR) is 99.8 cm³/mol. The molecule has 144 valence electrons. The van der Waals surface area contributed by atoms with Gasteiger partial charge in [0.2, 0.25) is 0 Å². The molecule has 27 heavy (non-hydrogen) atoms. The molecular formula is C21H25NO5. The second-order valence-corrected chi connectivity index (χ2v) is 7.29. The highest BCUT2D eigenvalue weighted by Crippen LogP contribution is 2.25. The molecule has 6 nitrogen and oxygen atoms in total. The van der Waals surface area contributed by atoms with E-state index in [1.54, 1.807) is 17.0 Å². The summed E-state index contributed by atoms with van der Waals surface area (Å²) in [6.45, 7) is 6.97. The van der Waals surface area contributed by atoms with Crippen LogP contribution in [-0.4, -0.2) is 35.0 Å². The first-order valence-electron chi connectivity index (χ1n) is 9.16. The second-order valence-electron chi connectivity index (χ2n) is 7.29. The maximum atomic E-state index is 12.6. The number of carbonyl (C=O) groups is 2. The third kappa shape index (κ3) is 4.32. The summed E-state index contributed by atoms with van der Waals surface area (Å²) in [5, 5.41) is 9.21. The predicted octanol–water partition coefficient (Wildman–Crippen LogP) is 3.66. The number of rotatable bonds is 5. The summed E-state index contributed by atoms with van der Waals surface area (Å²) in [6, 6.07) is 9.35. The van der Waals surface area contributed by atoms with Crippen molar-refractivity contribution in [1.29, 1.82) is 0 Å². The molecule has 0 spiro atoms. The fraction of sp³-hybridized carbons (Fsp3) is 0.429. The summed E-state index contributed by atoms with van der Waals surface area (Å²) in [7, 11) is 0. The van der Waals surface area contributed by atoms with Crippen LogP contribution in [0.1, 0.15) is 40.8 Å². The summed E-state index contributed by atoms with van der Waals surface area (Å²) in [6.07, 6.45) is 0.464. The highest BCUT2D eigenvalue weighted by molar-refractivity contribution is 5.91. The molecule has 2 heterocycles. The van der Waals surface area contributed by atoms with E-state index < -0.39 is 11.9 Å². The summed E-state index contributed by atoms with van der Waals surface area (Å²) in [5.41, 5.74) is 2.22. The Kier molecular flexibility index (Phi) is 5.54. The van der Waals surface area contributed by atoms with Crippen LogP contribution in [-0.2, 0) is 11.4 Å². The molecule has 0 radical (unpaired) electrons. The fourth-order valence-electron chi connectivity index (χ4n) is 3.53. The average Bonchev–Trinajstić information content (AvgIpc) is 3.09. The number of carbonyl (C=O) groups excluding carboxylic acids is 1. The first-order chi connectivity index (χ1) is 12.8. The maximum Gasteiger partial charge on any atom is 0.306 e. The molecule has 2 atom stereocenters. The lowest BCUT2D eigenvalue weighted by molar-refractivity contribution is -0.145. The number of benzene rings is 1. The van der Waals surface area contributed by atoms with Gasteiger partial charge >= 0.3 is 5.97 Å². The van der Waals surface area contributed by atoms with Crippen LogP contribution in [0.3, 0.4) is 0 Å². The van der Waals surface area contributed by atoms with Crippen molar-refractivity contribution in [2.45, 2.75) is 33.8 Å². The summed E-state index contributed by atoms with van der Waals surface area (Å²) < 4.78 is 11.5. The van der Waals surface area contributed by atoms with Gasteiger partial charge in [-0.25, -0.2) is 0 Å². The van der Waals surface area contributed by atoms with Crippen molar-refractivity contribution in [1.82, 2.24) is 4.90 Å². The topological polar surface area (TPSA) is 80.0 Å². The highest BCUT2D eigenvalue weighted by atomic mass is 16.5. The molecule has 1 saturated heterocycles. The van der Waals surface area contributed by atoms with E-state index in [4.69, 9.17) is 9.15 Å². The monoisotopic (exact) mass is 371 g/mol. The van der Waals surface area contributed by atoms with E-state index in [9.17, 15) is 14.7 Å². The van der Waals surface area contributed by atoms with E-state index in [-0.39, 0.29) is 24.2 Å². The Morgan fingerprint density at radius 3 is 2.70 bits per heavy atom. The van der Waals surface area contributed by atoms with Gasteiger partial charge in [0.05, 0.1) is 5.92 Å². The molecule has 2 aromatic rings. The van der Waals surface area contributed by atoms with Crippen LogP contribution in [0, 0.1) is 25.7 Å². The quantitative estimate of drug-likeness (QED) is 0.868. The molecule has 3 rings (SSSR count). The molecular weight excluding hydrogens is 346 g/mol. The number of likely N-dealkylation sites (tertiary alicyclic amines) is 1. The largest absolute Gasteiger partial charge is 0.485 e. The number of carboxylic acids is 1. The standard InChI is InChI=1S/C21H25NO5/c1-13-4-6-18(14(2)10-13)26-12-16-5-7-19(27-16)20(23)22-9-8-17(21(24)25)15(3)11-22/h4-7,10,15,17H,8-9,11-12H2,1-3H3,(H,24,25).